The third-order valence-electron chi connectivity index (χ3n) is 3.47. The molecule has 0 aliphatic rings. The second-order valence-electron chi connectivity index (χ2n) is 5.47. The Morgan fingerprint density at radius 2 is 2.11 bits per heavy atom. The van der Waals surface area contributed by atoms with Gasteiger partial charge in [0.1, 0.15) is 40.7 Å². The summed E-state index contributed by atoms with van der Waals surface area (Å²) in [6, 6.07) is 6.28. The number of hydrogen-bond donors (Lipinski definition) is 2. The number of benzene rings is 1. The number of nitrogens with zero attached hydrogens (tertiary/aromatic N) is 3. The third kappa shape index (κ3) is 5.60. The molecule has 0 aliphatic heterocycles. The molecule has 1 aromatic carbocycles. The van der Waals surface area contributed by atoms with Gasteiger partial charge in [-0.2, -0.15) is 5.26 Å². The summed E-state index contributed by atoms with van der Waals surface area (Å²) in [7, 11) is 0. The molecule has 0 spiro atoms. The lowest BCUT2D eigenvalue weighted by molar-refractivity contribution is -0.138. The van der Waals surface area contributed by atoms with E-state index in [4.69, 9.17) is 27.4 Å². The summed E-state index contributed by atoms with van der Waals surface area (Å²) in [6.07, 6.45) is 1.37. The van der Waals surface area contributed by atoms with Gasteiger partial charge in [0.2, 0.25) is 0 Å². The van der Waals surface area contributed by atoms with Gasteiger partial charge in [-0.1, -0.05) is 17.7 Å². The van der Waals surface area contributed by atoms with Gasteiger partial charge in [-0.3, -0.25) is 15.0 Å². The van der Waals surface area contributed by atoms with Gasteiger partial charge in [-0.05, 0) is 11.6 Å². The van der Waals surface area contributed by atoms with Crippen molar-refractivity contribution >= 4 is 23.4 Å². The number of rotatable bonds is 7. The first kappa shape index (κ1) is 21.0. The van der Waals surface area contributed by atoms with Crippen molar-refractivity contribution in [1.82, 2.24) is 15.3 Å². The fourth-order valence-electron chi connectivity index (χ4n) is 2.12. The summed E-state index contributed by atoms with van der Waals surface area (Å²) >= 11 is 5.69. The van der Waals surface area contributed by atoms with Gasteiger partial charge in [0.05, 0.1) is 0 Å². The molecule has 0 aliphatic carbocycles. The minimum atomic E-state index is -1.04. The standard InChI is InChI=1S/C17H14ClF2N5O3/c18-17-13(20)3-11(19)4-14(17)28-9-16(27)25(8-15(26)24-22)7-10-1-2-12(5-21)23-6-10/h1-4,6H,7-9,22H2,(H,24,26). The normalized spacial score (nSPS) is 10.1. The Kier molecular flexibility index (Phi) is 7.20. The van der Waals surface area contributed by atoms with Gasteiger partial charge in [0, 0.05) is 24.9 Å². The summed E-state index contributed by atoms with van der Waals surface area (Å²) in [6.45, 7) is -1.08. The van der Waals surface area contributed by atoms with Crippen molar-refractivity contribution in [2.45, 2.75) is 6.54 Å². The average molecular weight is 410 g/mol. The van der Waals surface area contributed by atoms with E-state index in [0.29, 0.717) is 11.6 Å². The molecule has 2 amide bonds. The molecular formula is C17H14ClF2N5O3. The van der Waals surface area contributed by atoms with Crippen molar-refractivity contribution in [3.63, 3.8) is 0 Å². The van der Waals surface area contributed by atoms with E-state index in [9.17, 15) is 18.4 Å². The second kappa shape index (κ2) is 9.59. The Morgan fingerprint density at radius 1 is 1.36 bits per heavy atom. The van der Waals surface area contributed by atoms with Crippen LogP contribution in [0.3, 0.4) is 0 Å². The molecule has 0 bridgehead atoms. The highest BCUT2D eigenvalue weighted by molar-refractivity contribution is 6.32. The van der Waals surface area contributed by atoms with Crippen LogP contribution in [0.25, 0.3) is 0 Å². The molecule has 0 fully saturated rings. The van der Waals surface area contributed by atoms with E-state index in [1.807, 2.05) is 11.5 Å². The van der Waals surface area contributed by atoms with Crippen LogP contribution in [0.1, 0.15) is 11.3 Å². The number of halogens is 3. The lowest BCUT2D eigenvalue weighted by Gasteiger charge is -2.22. The highest BCUT2D eigenvalue weighted by Gasteiger charge is 2.19. The predicted octanol–water partition coefficient (Wildman–Crippen LogP) is 1.28. The van der Waals surface area contributed by atoms with Crippen LogP contribution in [0.5, 0.6) is 5.75 Å². The first-order chi connectivity index (χ1) is 13.3. The molecule has 0 atom stereocenters. The number of nitrogens with one attached hydrogen (secondary N) is 1. The Balaban J connectivity index is 2.12. The van der Waals surface area contributed by atoms with Crippen molar-refractivity contribution in [1.29, 1.82) is 5.26 Å². The number of amides is 2. The van der Waals surface area contributed by atoms with E-state index < -0.39 is 41.6 Å². The molecule has 0 radical (unpaired) electrons. The summed E-state index contributed by atoms with van der Waals surface area (Å²) in [5.74, 6) is 1.42. The molecule has 8 nitrogen and oxygen atoms in total. The number of carbonyl (C=O) groups excluding carboxylic acids is 2. The van der Waals surface area contributed by atoms with Crippen LogP contribution in [0, 0.1) is 23.0 Å². The minimum Gasteiger partial charge on any atom is -0.482 e. The van der Waals surface area contributed by atoms with Gasteiger partial charge in [-0.15, -0.1) is 0 Å². The van der Waals surface area contributed by atoms with Crippen LogP contribution in [0.15, 0.2) is 30.5 Å². The zero-order valence-corrected chi connectivity index (χ0v) is 15.0. The molecule has 28 heavy (non-hydrogen) atoms. The summed E-state index contributed by atoms with van der Waals surface area (Å²) in [4.78, 5) is 29.0. The number of carbonyl (C=O) groups is 2. The maximum Gasteiger partial charge on any atom is 0.261 e. The van der Waals surface area contributed by atoms with Crippen molar-refractivity contribution in [2.75, 3.05) is 13.2 Å². The van der Waals surface area contributed by atoms with Crippen molar-refractivity contribution in [2.24, 2.45) is 5.84 Å². The number of hydrazine groups is 1. The van der Waals surface area contributed by atoms with E-state index in [0.717, 1.165) is 11.0 Å². The fraction of sp³-hybridized carbons (Fsp3) is 0.176. The molecule has 3 N–H and O–H groups in total. The van der Waals surface area contributed by atoms with Crippen LogP contribution in [0.2, 0.25) is 5.02 Å². The smallest absolute Gasteiger partial charge is 0.261 e. The van der Waals surface area contributed by atoms with Crippen molar-refractivity contribution < 1.29 is 23.1 Å². The topological polar surface area (TPSA) is 121 Å². The van der Waals surface area contributed by atoms with E-state index >= 15 is 0 Å². The predicted molar refractivity (Wildman–Crippen MR) is 93.6 cm³/mol. The monoisotopic (exact) mass is 409 g/mol. The summed E-state index contributed by atoms with van der Waals surface area (Å²) in [5.41, 5.74) is 2.62. The number of pyridine rings is 1. The van der Waals surface area contributed by atoms with E-state index in [1.54, 1.807) is 6.07 Å². The highest BCUT2D eigenvalue weighted by atomic mass is 35.5. The van der Waals surface area contributed by atoms with Crippen LogP contribution in [-0.4, -0.2) is 34.8 Å². The maximum absolute atomic E-state index is 13.4. The molecule has 146 valence electrons. The molecule has 0 saturated carbocycles. The highest BCUT2D eigenvalue weighted by Crippen LogP contribution is 2.28. The molecule has 1 heterocycles. The molecule has 0 saturated heterocycles. The van der Waals surface area contributed by atoms with E-state index in [-0.39, 0.29) is 18.0 Å². The van der Waals surface area contributed by atoms with E-state index in [1.165, 1.54) is 12.3 Å². The zero-order chi connectivity index (χ0) is 20.7. The lowest BCUT2D eigenvalue weighted by Crippen LogP contribution is -2.44. The first-order valence-corrected chi connectivity index (χ1v) is 8.11. The quantitative estimate of drug-likeness (QED) is 0.307. The third-order valence-corrected chi connectivity index (χ3v) is 3.84. The van der Waals surface area contributed by atoms with Crippen LogP contribution in [0.4, 0.5) is 8.78 Å². The largest absolute Gasteiger partial charge is 0.482 e. The first-order valence-electron chi connectivity index (χ1n) is 7.73. The lowest BCUT2D eigenvalue weighted by atomic mass is 10.2. The Morgan fingerprint density at radius 3 is 2.71 bits per heavy atom. The zero-order valence-electron chi connectivity index (χ0n) is 14.3. The van der Waals surface area contributed by atoms with Crippen molar-refractivity contribution in [3.8, 4) is 11.8 Å². The Hall–Kier alpha value is -3.29. The number of aromatic nitrogens is 1. The van der Waals surface area contributed by atoms with Crippen LogP contribution < -0.4 is 16.0 Å². The van der Waals surface area contributed by atoms with Gasteiger partial charge >= 0.3 is 0 Å². The minimum absolute atomic E-state index is 0.0421. The molecule has 1 aromatic heterocycles. The Labute approximate surface area is 163 Å². The second-order valence-corrected chi connectivity index (χ2v) is 5.85. The van der Waals surface area contributed by atoms with Crippen molar-refractivity contribution in [3.05, 3.63) is 58.4 Å². The molecule has 11 heteroatoms. The SMILES string of the molecule is N#Cc1ccc(CN(CC(=O)NN)C(=O)COc2cc(F)cc(F)c2Cl)cn1. The molecular weight excluding hydrogens is 396 g/mol. The number of ether oxygens (including phenoxy) is 1. The number of hydrogen-bond acceptors (Lipinski definition) is 6. The summed E-state index contributed by atoms with van der Waals surface area (Å²) in [5, 5.41) is 8.29. The fourth-order valence-corrected chi connectivity index (χ4v) is 2.29. The average Bonchev–Trinajstić information content (AvgIpc) is 2.69. The molecule has 2 aromatic rings. The van der Waals surface area contributed by atoms with Gasteiger partial charge in [0.25, 0.3) is 11.8 Å². The van der Waals surface area contributed by atoms with Gasteiger partial charge in [0.15, 0.2) is 6.61 Å². The molecule has 0 unspecified atom stereocenters. The van der Waals surface area contributed by atoms with E-state index in [2.05, 4.69) is 4.98 Å². The number of nitrogens with two attached hydrogens (primary N) is 1. The van der Waals surface area contributed by atoms with Crippen LogP contribution in [-0.2, 0) is 16.1 Å². The van der Waals surface area contributed by atoms with Crippen LogP contribution >= 0.6 is 11.6 Å². The molecule has 2 rings (SSSR count). The van der Waals surface area contributed by atoms with Gasteiger partial charge in [-0.25, -0.2) is 19.6 Å². The van der Waals surface area contributed by atoms with Gasteiger partial charge < -0.3 is 9.64 Å². The number of nitriles is 1. The summed E-state index contributed by atoms with van der Waals surface area (Å²) < 4.78 is 31.8. The Bertz CT molecular complexity index is 918. The maximum atomic E-state index is 13.4.